The highest BCUT2D eigenvalue weighted by Gasteiger charge is 2.29. The number of pyridine rings is 1. The molecule has 1 aliphatic carbocycles. The summed E-state index contributed by atoms with van der Waals surface area (Å²) in [7, 11) is 0. The van der Waals surface area contributed by atoms with Gasteiger partial charge in [-0.25, -0.2) is 0 Å². The van der Waals surface area contributed by atoms with Gasteiger partial charge in [0.15, 0.2) is 0 Å². The Balaban J connectivity index is 1.79. The van der Waals surface area contributed by atoms with Gasteiger partial charge in [0.05, 0.1) is 11.1 Å². The van der Waals surface area contributed by atoms with E-state index in [-0.39, 0.29) is 17.7 Å². The summed E-state index contributed by atoms with van der Waals surface area (Å²) in [4.78, 5) is 27.7. The molecular formula is C14H13N3O2. The molecule has 1 aromatic carbocycles. The fourth-order valence-corrected chi connectivity index (χ4v) is 1.93. The van der Waals surface area contributed by atoms with Gasteiger partial charge in [0.2, 0.25) is 5.91 Å². The highest BCUT2D eigenvalue weighted by molar-refractivity contribution is 6.06. The summed E-state index contributed by atoms with van der Waals surface area (Å²) in [6.45, 7) is 0. The fraction of sp³-hybridized carbons (Fsp3) is 0.214. The number of benzene rings is 1. The number of para-hydroxylation sites is 1. The smallest absolute Gasteiger partial charge is 0.270 e. The van der Waals surface area contributed by atoms with E-state index >= 15 is 0 Å². The van der Waals surface area contributed by atoms with Crippen LogP contribution in [0, 0.1) is 5.92 Å². The zero-order valence-electron chi connectivity index (χ0n) is 10.2. The molecule has 0 saturated heterocycles. The van der Waals surface area contributed by atoms with Crippen molar-refractivity contribution in [1.29, 1.82) is 0 Å². The van der Waals surface area contributed by atoms with Crippen molar-refractivity contribution in [3.63, 3.8) is 0 Å². The van der Waals surface area contributed by atoms with Crippen LogP contribution in [0.25, 0.3) is 10.9 Å². The van der Waals surface area contributed by atoms with Gasteiger partial charge in [-0.3, -0.25) is 25.4 Å². The van der Waals surface area contributed by atoms with Crippen molar-refractivity contribution in [2.24, 2.45) is 5.92 Å². The predicted molar refractivity (Wildman–Crippen MR) is 70.1 cm³/mol. The molecule has 2 aromatic rings. The van der Waals surface area contributed by atoms with Gasteiger partial charge in [-0.05, 0) is 25.0 Å². The maximum Gasteiger partial charge on any atom is 0.270 e. The summed E-state index contributed by atoms with van der Waals surface area (Å²) in [6, 6.07) is 9.03. The van der Waals surface area contributed by atoms with Crippen LogP contribution >= 0.6 is 0 Å². The first kappa shape index (κ1) is 11.6. The maximum atomic E-state index is 12.1. The largest absolute Gasteiger partial charge is 0.273 e. The lowest BCUT2D eigenvalue weighted by Gasteiger charge is -2.08. The minimum atomic E-state index is -0.326. The molecule has 0 atom stereocenters. The van der Waals surface area contributed by atoms with E-state index < -0.39 is 0 Å². The highest BCUT2D eigenvalue weighted by atomic mass is 16.2. The molecule has 3 rings (SSSR count). The number of nitrogens with zero attached hydrogens (tertiary/aromatic N) is 1. The average molecular weight is 255 g/mol. The third kappa shape index (κ3) is 2.40. The van der Waals surface area contributed by atoms with Crippen molar-refractivity contribution in [3.05, 3.63) is 42.1 Å². The average Bonchev–Trinajstić information content (AvgIpc) is 3.28. The lowest BCUT2D eigenvalue weighted by Crippen LogP contribution is -2.42. The van der Waals surface area contributed by atoms with E-state index in [2.05, 4.69) is 15.8 Å². The first-order chi connectivity index (χ1) is 9.25. The number of rotatable bonds is 2. The van der Waals surface area contributed by atoms with Gasteiger partial charge in [0.25, 0.3) is 5.91 Å². The standard InChI is InChI=1S/C14H13N3O2/c18-13(9-5-6-9)16-17-14(19)11-7-8-15-12-4-2-1-3-10(11)12/h1-4,7-9H,5-6H2,(H,16,18)(H,17,19). The Bertz CT molecular complexity index is 645. The Hall–Kier alpha value is -2.43. The normalized spacial score (nSPS) is 14.1. The van der Waals surface area contributed by atoms with Gasteiger partial charge in [0.1, 0.15) is 0 Å². The van der Waals surface area contributed by atoms with E-state index in [0.717, 1.165) is 23.7 Å². The van der Waals surface area contributed by atoms with Crippen molar-refractivity contribution in [3.8, 4) is 0 Å². The summed E-state index contributed by atoms with van der Waals surface area (Å²) < 4.78 is 0. The molecule has 0 unspecified atom stereocenters. The molecular weight excluding hydrogens is 242 g/mol. The number of amides is 2. The summed E-state index contributed by atoms with van der Waals surface area (Å²) in [5, 5.41) is 0.767. The predicted octanol–water partition coefficient (Wildman–Crippen LogP) is 1.41. The first-order valence-electron chi connectivity index (χ1n) is 6.19. The van der Waals surface area contributed by atoms with Crippen molar-refractivity contribution < 1.29 is 9.59 Å². The molecule has 1 fully saturated rings. The van der Waals surface area contributed by atoms with Gasteiger partial charge in [0, 0.05) is 17.5 Å². The minimum Gasteiger partial charge on any atom is -0.273 e. The number of fused-ring (bicyclic) bond motifs is 1. The molecule has 1 heterocycles. The molecule has 5 nitrogen and oxygen atoms in total. The number of nitrogens with one attached hydrogen (secondary N) is 2. The molecule has 2 amide bonds. The van der Waals surface area contributed by atoms with E-state index in [1.54, 1.807) is 12.3 Å². The van der Waals surface area contributed by atoms with Crippen molar-refractivity contribution in [2.45, 2.75) is 12.8 Å². The van der Waals surface area contributed by atoms with Crippen LogP contribution in [0.2, 0.25) is 0 Å². The van der Waals surface area contributed by atoms with E-state index in [1.165, 1.54) is 0 Å². The summed E-state index contributed by atoms with van der Waals surface area (Å²) in [5.41, 5.74) is 6.15. The number of hydrogen-bond acceptors (Lipinski definition) is 3. The molecule has 0 bridgehead atoms. The Labute approximate surface area is 110 Å². The molecule has 1 aliphatic rings. The molecule has 96 valence electrons. The second-order valence-corrected chi connectivity index (χ2v) is 4.59. The van der Waals surface area contributed by atoms with Crippen molar-refractivity contribution >= 4 is 22.7 Å². The molecule has 1 aromatic heterocycles. The summed E-state index contributed by atoms with van der Waals surface area (Å²) in [5.74, 6) is -0.381. The zero-order chi connectivity index (χ0) is 13.2. The third-order valence-corrected chi connectivity index (χ3v) is 3.14. The lowest BCUT2D eigenvalue weighted by atomic mass is 10.1. The maximum absolute atomic E-state index is 12.1. The monoisotopic (exact) mass is 255 g/mol. The topological polar surface area (TPSA) is 71.1 Å². The summed E-state index contributed by atoms with van der Waals surface area (Å²) in [6.07, 6.45) is 3.39. The Kier molecular flexibility index (Phi) is 2.87. The highest BCUT2D eigenvalue weighted by Crippen LogP contribution is 2.28. The molecule has 1 saturated carbocycles. The minimum absolute atomic E-state index is 0.0643. The van der Waals surface area contributed by atoms with Crippen LogP contribution in [0.5, 0.6) is 0 Å². The summed E-state index contributed by atoms with van der Waals surface area (Å²) >= 11 is 0. The van der Waals surface area contributed by atoms with Crippen molar-refractivity contribution in [2.75, 3.05) is 0 Å². The molecule has 0 aliphatic heterocycles. The zero-order valence-corrected chi connectivity index (χ0v) is 10.2. The van der Waals surface area contributed by atoms with Gasteiger partial charge >= 0.3 is 0 Å². The van der Waals surface area contributed by atoms with Gasteiger partial charge in [-0.15, -0.1) is 0 Å². The lowest BCUT2D eigenvalue weighted by molar-refractivity contribution is -0.123. The van der Waals surface area contributed by atoms with Crippen LogP contribution in [0.4, 0.5) is 0 Å². The molecule has 5 heteroatoms. The number of carbonyl (C=O) groups excluding carboxylic acids is 2. The van der Waals surface area contributed by atoms with Gasteiger partial charge < -0.3 is 0 Å². The van der Waals surface area contributed by atoms with Crippen LogP contribution in [-0.4, -0.2) is 16.8 Å². The van der Waals surface area contributed by atoms with E-state index in [1.807, 2.05) is 24.3 Å². The Morgan fingerprint density at radius 1 is 1.11 bits per heavy atom. The van der Waals surface area contributed by atoms with Crippen LogP contribution in [0.1, 0.15) is 23.2 Å². The number of hydrogen-bond donors (Lipinski definition) is 2. The molecule has 0 radical (unpaired) electrons. The Morgan fingerprint density at radius 3 is 2.68 bits per heavy atom. The van der Waals surface area contributed by atoms with Crippen LogP contribution < -0.4 is 10.9 Å². The van der Waals surface area contributed by atoms with Crippen LogP contribution in [0.15, 0.2) is 36.5 Å². The van der Waals surface area contributed by atoms with E-state index in [0.29, 0.717) is 5.56 Å². The second kappa shape index (κ2) is 4.68. The molecule has 2 N–H and O–H groups in total. The molecule has 19 heavy (non-hydrogen) atoms. The van der Waals surface area contributed by atoms with Gasteiger partial charge in [-0.2, -0.15) is 0 Å². The number of carbonyl (C=O) groups is 2. The fourth-order valence-electron chi connectivity index (χ4n) is 1.93. The second-order valence-electron chi connectivity index (χ2n) is 4.59. The van der Waals surface area contributed by atoms with Gasteiger partial charge in [-0.1, -0.05) is 18.2 Å². The number of aromatic nitrogens is 1. The van der Waals surface area contributed by atoms with Crippen LogP contribution in [0.3, 0.4) is 0 Å². The third-order valence-electron chi connectivity index (χ3n) is 3.14. The quantitative estimate of drug-likeness (QED) is 0.797. The molecule has 0 spiro atoms. The van der Waals surface area contributed by atoms with Crippen molar-refractivity contribution in [1.82, 2.24) is 15.8 Å². The Morgan fingerprint density at radius 2 is 1.89 bits per heavy atom. The SMILES string of the molecule is O=C(NNC(=O)C1CC1)c1ccnc2ccccc12. The van der Waals surface area contributed by atoms with Crippen LogP contribution in [-0.2, 0) is 4.79 Å². The van der Waals surface area contributed by atoms with E-state index in [4.69, 9.17) is 0 Å². The number of hydrazine groups is 1. The van der Waals surface area contributed by atoms with E-state index in [9.17, 15) is 9.59 Å². The first-order valence-corrected chi connectivity index (χ1v) is 6.19.